The van der Waals surface area contributed by atoms with E-state index in [1.54, 1.807) is 0 Å². The number of aromatic amines is 8. The van der Waals surface area contributed by atoms with E-state index in [0.29, 0.717) is 0 Å². The van der Waals surface area contributed by atoms with Crippen LogP contribution >= 0.6 is 0 Å². The van der Waals surface area contributed by atoms with Crippen LogP contribution in [0.3, 0.4) is 0 Å². The van der Waals surface area contributed by atoms with Crippen LogP contribution in [0.1, 0.15) is 56.7 Å². The monoisotopic (exact) mass is 1010 g/mol. The quantitative estimate of drug-likeness (QED) is 0.0956. The number of fused-ring (bicyclic) bond motifs is 20. The lowest BCUT2D eigenvalue weighted by molar-refractivity contribution is 1.22. The van der Waals surface area contributed by atoms with Gasteiger partial charge < -0.3 is 39.9 Å². The van der Waals surface area contributed by atoms with Gasteiger partial charge in [0, 0.05) is 99.5 Å². The molecule has 12 nitrogen and oxygen atoms in total. The van der Waals surface area contributed by atoms with Crippen LogP contribution in [-0.2, 0) is 0 Å². The molecule has 0 radical (unpaired) electrons. The van der Waals surface area contributed by atoms with Crippen molar-refractivity contribution in [2.75, 3.05) is 0 Å². The Morgan fingerprint density at radius 1 is 0.218 bits per heavy atom. The Kier molecular flexibility index (Phi) is 10.5. The molecule has 0 atom stereocenters. The number of hydrogen-bond donors (Lipinski definition) is 8. The van der Waals surface area contributed by atoms with E-state index < -0.39 is 0 Å². The van der Waals surface area contributed by atoms with Crippen molar-refractivity contribution in [2.24, 2.45) is 20.0 Å². The van der Waals surface area contributed by atoms with Gasteiger partial charge in [0.25, 0.3) is 0 Å². The van der Waals surface area contributed by atoms with Crippen LogP contribution in [0.2, 0.25) is 0 Å². The summed E-state index contributed by atoms with van der Waals surface area (Å²) in [7, 11) is 0. The van der Waals surface area contributed by atoms with Gasteiger partial charge in [-0.3, -0.25) is 0 Å². The van der Waals surface area contributed by atoms with Crippen molar-refractivity contribution in [3.8, 4) is 0 Å². The molecular formula is C66H46N12. The second-order valence-electron chi connectivity index (χ2n) is 19.7. The first kappa shape index (κ1) is 44.5. The van der Waals surface area contributed by atoms with E-state index in [0.717, 1.165) is 156 Å². The summed E-state index contributed by atoms with van der Waals surface area (Å²) >= 11 is 0. The van der Waals surface area contributed by atoms with Crippen molar-refractivity contribution >= 4 is 94.8 Å². The Bertz CT molecular complexity index is 4630. The first-order chi connectivity index (χ1) is 38.4. The SMILES string of the molecule is C1=CC2=NC1=Cc1ccc([nH]1)C(c1ccc(C3=c4ccc([nH]4)=CC4=NC(=Cc5ccc([nH]5)C=c5ccc([nH]5)=CC5=NC(=Cc6ccc3[nH]6)C=C5)C=C4)cc1)=c1ccc([nH]1)=CC1=NC(=Cc3ccc([nH]3)C=c3ccc([nH]3)=C2)C=C1. The predicted molar refractivity (Wildman–Crippen MR) is 316 cm³/mol. The maximum Gasteiger partial charge on any atom is 0.0658 e. The molecule has 8 N–H and O–H groups in total. The molecule has 0 spiro atoms. The number of H-pyrrole nitrogens is 8. The summed E-state index contributed by atoms with van der Waals surface area (Å²) in [5.41, 5.74) is 18.7. The summed E-state index contributed by atoms with van der Waals surface area (Å²) in [5.74, 6) is 0. The van der Waals surface area contributed by atoms with Crippen molar-refractivity contribution in [1.29, 1.82) is 0 Å². The fourth-order valence-corrected chi connectivity index (χ4v) is 10.5. The maximum atomic E-state index is 4.95. The van der Waals surface area contributed by atoms with E-state index in [9.17, 15) is 0 Å². The van der Waals surface area contributed by atoms with E-state index in [1.807, 2.05) is 48.6 Å². The largest absolute Gasteiger partial charge is 0.355 e. The standard InChI is InChI=1S/C66H46N12/c1-2-40(66-63-27-23-59(77-63)37-55-19-15-51(73-55)33-47-11-7-43(69-47)30-44-8-12-48(70-44)34-52-16-20-56(74-52)38-60-24-28-64(66)78-60)4-3-39(1)65-61-25-21-57(75-61)35-53-17-13-49(71-53)31-45-9-5-41(67-45)29-42-6-10-46(68-42)32-50-14-18-54(72-50)36-58-22-26-62(65)76-58/h1-38,67-70,75-78H. The van der Waals surface area contributed by atoms with Crippen molar-refractivity contribution < 1.29 is 0 Å². The molecule has 24 bridgehead atoms. The average Bonchev–Trinajstić information content (AvgIpc) is 4.33. The summed E-state index contributed by atoms with van der Waals surface area (Å²) in [5, 5.41) is 7.72. The van der Waals surface area contributed by atoms with E-state index in [1.165, 1.54) is 0 Å². The average molecular weight is 1010 g/mol. The van der Waals surface area contributed by atoms with Crippen molar-refractivity contribution in [3.05, 3.63) is 292 Å². The van der Waals surface area contributed by atoms with Gasteiger partial charge in [0.1, 0.15) is 0 Å². The Morgan fingerprint density at radius 3 is 0.885 bits per heavy atom. The van der Waals surface area contributed by atoms with E-state index in [4.69, 9.17) is 20.0 Å². The molecule has 78 heavy (non-hydrogen) atoms. The molecule has 0 fully saturated rings. The molecule has 0 unspecified atom stereocenters. The van der Waals surface area contributed by atoms with E-state index in [-0.39, 0.29) is 0 Å². The van der Waals surface area contributed by atoms with Gasteiger partial charge in [0.15, 0.2) is 0 Å². The lowest BCUT2D eigenvalue weighted by Gasteiger charge is -2.10. The number of aliphatic imine (C=N–C) groups is 4. The van der Waals surface area contributed by atoms with Gasteiger partial charge in [-0.2, -0.15) is 0 Å². The molecule has 8 aromatic heterocycles. The molecule has 12 heteroatoms. The van der Waals surface area contributed by atoms with Crippen LogP contribution in [0.25, 0.3) is 71.9 Å². The van der Waals surface area contributed by atoms with Gasteiger partial charge in [-0.15, -0.1) is 0 Å². The predicted octanol–water partition coefficient (Wildman–Crippen LogP) is 6.42. The van der Waals surface area contributed by atoms with Crippen LogP contribution in [0, 0.1) is 0 Å². The van der Waals surface area contributed by atoms with Crippen LogP contribution in [0.4, 0.5) is 0 Å². The molecule has 1 aromatic carbocycles. The fraction of sp³-hybridized carbons (Fsp3) is 0. The maximum absolute atomic E-state index is 4.95. The number of rotatable bonds is 2. The normalized spacial score (nSPS) is 16.2. The number of allylic oxidation sites excluding steroid dienone is 8. The second kappa shape index (κ2) is 18.4. The van der Waals surface area contributed by atoms with Crippen molar-refractivity contribution in [2.45, 2.75) is 0 Å². The topological polar surface area (TPSA) is 176 Å². The number of nitrogens with one attached hydrogen (secondary N) is 8. The van der Waals surface area contributed by atoms with Crippen molar-refractivity contribution in [1.82, 2.24) is 39.9 Å². The Balaban J connectivity index is 0.840. The van der Waals surface area contributed by atoms with Gasteiger partial charge in [-0.1, -0.05) is 24.3 Å². The highest BCUT2D eigenvalue weighted by atomic mass is 14.8. The van der Waals surface area contributed by atoms with Crippen LogP contribution in [0.5, 0.6) is 0 Å². The van der Waals surface area contributed by atoms with Crippen LogP contribution < -0.4 is 42.8 Å². The molecule has 6 aliphatic rings. The van der Waals surface area contributed by atoms with Crippen LogP contribution in [-0.4, -0.2) is 62.7 Å². The minimum absolute atomic E-state index is 0.861. The molecule has 9 aromatic rings. The smallest absolute Gasteiger partial charge is 0.0658 e. The first-order valence-corrected chi connectivity index (χ1v) is 25.8. The Morgan fingerprint density at radius 2 is 0.513 bits per heavy atom. The number of aromatic nitrogens is 8. The third-order valence-electron chi connectivity index (χ3n) is 14.1. The van der Waals surface area contributed by atoms with E-state index in [2.05, 4.69) is 222 Å². The lowest BCUT2D eigenvalue weighted by Crippen LogP contribution is -2.16. The van der Waals surface area contributed by atoms with Gasteiger partial charge in [-0.25, -0.2) is 20.0 Å². The molecule has 15 rings (SSSR count). The molecular weight excluding hydrogens is 961 g/mol. The minimum Gasteiger partial charge on any atom is -0.355 e. The highest BCUT2D eigenvalue weighted by Gasteiger charge is 2.16. The summed E-state index contributed by atoms with van der Waals surface area (Å²) in [4.78, 5) is 48.7. The molecule has 0 saturated heterocycles. The zero-order valence-electron chi connectivity index (χ0n) is 41.7. The fourth-order valence-electron chi connectivity index (χ4n) is 10.5. The number of benzene rings is 1. The first-order valence-electron chi connectivity index (χ1n) is 25.8. The van der Waals surface area contributed by atoms with Crippen LogP contribution in [0.15, 0.2) is 213 Å². The third-order valence-corrected chi connectivity index (χ3v) is 14.1. The summed E-state index contributed by atoms with van der Waals surface area (Å²) in [6.07, 6.45) is 37.1. The highest BCUT2D eigenvalue weighted by Crippen LogP contribution is 2.27. The number of nitrogens with zero attached hydrogens (tertiary/aromatic N) is 4. The van der Waals surface area contributed by atoms with Gasteiger partial charge >= 0.3 is 0 Å². The summed E-state index contributed by atoms with van der Waals surface area (Å²) in [6, 6.07) is 42.4. The molecule has 14 heterocycles. The summed E-state index contributed by atoms with van der Waals surface area (Å²) in [6.45, 7) is 0. The van der Waals surface area contributed by atoms with Gasteiger partial charge in [0.2, 0.25) is 0 Å². The molecule has 0 aliphatic carbocycles. The highest BCUT2D eigenvalue weighted by molar-refractivity contribution is 6.21. The molecule has 370 valence electrons. The summed E-state index contributed by atoms with van der Waals surface area (Å²) < 4.78 is 0. The molecule has 6 aliphatic heterocycles. The lowest BCUT2D eigenvalue weighted by atomic mass is 9.97. The second-order valence-corrected chi connectivity index (χ2v) is 19.7. The number of hydrogen-bond acceptors (Lipinski definition) is 4. The molecule has 0 amide bonds. The Labute approximate surface area is 444 Å². The van der Waals surface area contributed by atoms with Gasteiger partial charge in [0.05, 0.1) is 45.6 Å². The minimum atomic E-state index is 0.861. The Hall–Kier alpha value is -11.0. The third kappa shape index (κ3) is 9.11. The van der Waals surface area contributed by atoms with E-state index >= 15 is 0 Å². The van der Waals surface area contributed by atoms with Gasteiger partial charge in [-0.05, 0) is 218 Å². The van der Waals surface area contributed by atoms with Crippen molar-refractivity contribution in [3.63, 3.8) is 0 Å². The zero-order valence-corrected chi connectivity index (χ0v) is 41.7. The zero-order chi connectivity index (χ0) is 51.5. The molecule has 0 saturated carbocycles.